The van der Waals surface area contributed by atoms with E-state index in [0.717, 1.165) is 42.1 Å². The lowest BCUT2D eigenvalue weighted by molar-refractivity contribution is 0.0512. The zero-order valence-electron chi connectivity index (χ0n) is 28.6. The van der Waals surface area contributed by atoms with Crippen molar-refractivity contribution in [2.75, 3.05) is 45.0 Å². The summed E-state index contributed by atoms with van der Waals surface area (Å²) < 4.78 is 50.8. The SMILES string of the molecule is CCc1cccc2cc(OCOC)cc(-c3ncc4c(N5CCCn6nc(C(=O)O)cc6C5)nc(OC[C@@]56CCCN5C[C@H](F)C6)nc4c3F)c12. The number of halogens is 2. The summed E-state index contributed by atoms with van der Waals surface area (Å²) in [4.78, 5) is 30.0. The van der Waals surface area contributed by atoms with Gasteiger partial charge >= 0.3 is 12.0 Å². The number of aromatic carboxylic acids is 1. The van der Waals surface area contributed by atoms with Gasteiger partial charge < -0.3 is 24.2 Å². The Morgan fingerprint density at radius 1 is 1.12 bits per heavy atom. The second-order valence-electron chi connectivity index (χ2n) is 13.6. The van der Waals surface area contributed by atoms with Gasteiger partial charge in [0.25, 0.3) is 0 Å². The number of carboxylic acids is 1. The summed E-state index contributed by atoms with van der Waals surface area (Å²) in [6.07, 6.45) is 4.12. The predicted molar refractivity (Wildman–Crippen MR) is 186 cm³/mol. The lowest BCUT2D eigenvalue weighted by atomic mass is 9.95. The van der Waals surface area contributed by atoms with Gasteiger partial charge in [0.2, 0.25) is 0 Å². The molecule has 2 saturated heterocycles. The van der Waals surface area contributed by atoms with Crippen molar-refractivity contribution in [2.45, 2.75) is 63.8 Å². The van der Waals surface area contributed by atoms with Crippen molar-refractivity contribution >= 4 is 33.5 Å². The van der Waals surface area contributed by atoms with Gasteiger partial charge in [-0.05, 0) is 66.8 Å². The van der Waals surface area contributed by atoms with Crippen molar-refractivity contribution in [1.82, 2.24) is 29.6 Å². The van der Waals surface area contributed by atoms with Crippen LogP contribution in [0.3, 0.4) is 0 Å². The Morgan fingerprint density at radius 3 is 2.82 bits per heavy atom. The van der Waals surface area contributed by atoms with E-state index in [1.54, 1.807) is 23.0 Å². The number of alkyl halides is 1. The molecule has 5 aromatic rings. The average Bonchev–Trinajstić information content (AvgIpc) is 3.76. The molecule has 3 aliphatic heterocycles. The molecule has 0 unspecified atom stereocenters. The van der Waals surface area contributed by atoms with Crippen molar-refractivity contribution in [1.29, 1.82) is 0 Å². The third-order valence-electron chi connectivity index (χ3n) is 10.4. The van der Waals surface area contributed by atoms with Crippen LogP contribution >= 0.6 is 0 Å². The van der Waals surface area contributed by atoms with Crippen LogP contribution in [0.1, 0.15) is 54.4 Å². The lowest BCUT2D eigenvalue weighted by Crippen LogP contribution is -2.43. The molecule has 0 bridgehead atoms. The van der Waals surface area contributed by atoms with Gasteiger partial charge in [-0.3, -0.25) is 14.6 Å². The summed E-state index contributed by atoms with van der Waals surface area (Å²) >= 11 is 0. The van der Waals surface area contributed by atoms with Gasteiger partial charge in [0.15, 0.2) is 18.3 Å². The van der Waals surface area contributed by atoms with Gasteiger partial charge in [0, 0.05) is 44.9 Å². The van der Waals surface area contributed by atoms with Gasteiger partial charge in [-0.25, -0.2) is 13.6 Å². The number of rotatable bonds is 10. The fraction of sp³-hybridized carbons (Fsp3) is 0.432. The largest absolute Gasteiger partial charge is 0.476 e. The number of carboxylic acid groups (broad SMARTS) is 1. The zero-order valence-corrected chi connectivity index (χ0v) is 28.6. The minimum Gasteiger partial charge on any atom is -0.476 e. The summed E-state index contributed by atoms with van der Waals surface area (Å²) in [5.74, 6) is -0.838. The van der Waals surface area contributed by atoms with Crippen molar-refractivity contribution in [3.8, 4) is 23.0 Å². The number of benzene rings is 2. The average molecular weight is 700 g/mol. The minimum absolute atomic E-state index is 0.0163. The Kier molecular flexibility index (Phi) is 8.66. The van der Waals surface area contributed by atoms with E-state index in [1.807, 2.05) is 36.1 Å². The van der Waals surface area contributed by atoms with E-state index in [-0.39, 0.29) is 42.9 Å². The first-order valence-electron chi connectivity index (χ1n) is 17.4. The monoisotopic (exact) mass is 699 g/mol. The molecule has 51 heavy (non-hydrogen) atoms. The van der Waals surface area contributed by atoms with Crippen molar-refractivity contribution in [3.63, 3.8) is 0 Å². The number of carbonyl (C=O) groups is 1. The molecule has 12 nitrogen and oxygen atoms in total. The molecule has 266 valence electrons. The molecule has 0 spiro atoms. The second-order valence-corrected chi connectivity index (χ2v) is 13.6. The summed E-state index contributed by atoms with van der Waals surface area (Å²) in [6, 6.07) is 11.1. The maximum absolute atomic E-state index is 17.2. The normalized spacial score (nSPS) is 20.5. The summed E-state index contributed by atoms with van der Waals surface area (Å²) in [5, 5.41) is 16.0. The molecule has 8 rings (SSSR count). The maximum atomic E-state index is 17.2. The fourth-order valence-corrected chi connectivity index (χ4v) is 8.08. The first-order valence-corrected chi connectivity index (χ1v) is 17.4. The Balaban J connectivity index is 1.27. The van der Waals surface area contributed by atoms with E-state index >= 15 is 4.39 Å². The Labute approximate surface area is 293 Å². The molecule has 2 aromatic carbocycles. The Bertz CT molecular complexity index is 2140. The second kappa shape index (κ2) is 13.3. The highest BCUT2D eigenvalue weighted by molar-refractivity contribution is 6.01. The number of fused-ring (bicyclic) bond motifs is 4. The van der Waals surface area contributed by atoms with Crippen LogP contribution in [0.25, 0.3) is 32.9 Å². The Hall–Kier alpha value is -4.95. The van der Waals surface area contributed by atoms with Crippen molar-refractivity contribution in [2.24, 2.45) is 0 Å². The van der Waals surface area contributed by atoms with Crippen LogP contribution in [0, 0.1) is 5.82 Å². The first-order chi connectivity index (χ1) is 24.8. The zero-order chi connectivity index (χ0) is 35.3. The lowest BCUT2D eigenvalue weighted by Gasteiger charge is -2.31. The summed E-state index contributed by atoms with van der Waals surface area (Å²) in [7, 11) is 1.54. The number of hydrogen-bond donors (Lipinski definition) is 1. The first kappa shape index (κ1) is 33.2. The molecule has 0 amide bonds. The molecule has 3 aliphatic rings. The number of nitrogens with zero attached hydrogens (tertiary/aromatic N) is 7. The van der Waals surface area contributed by atoms with E-state index in [0.29, 0.717) is 60.7 Å². The molecule has 6 heterocycles. The molecule has 2 fully saturated rings. The number of anilines is 1. The fourth-order valence-electron chi connectivity index (χ4n) is 8.08. The molecule has 0 saturated carbocycles. The van der Waals surface area contributed by atoms with Crippen molar-refractivity contribution < 1.29 is 32.9 Å². The third kappa shape index (κ3) is 5.99. The maximum Gasteiger partial charge on any atom is 0.356 e. The van der Waals surface area contributed by atoms with Gasteiger partial charge in [-0.2, -0.15) is 15.1 Å². The van der Waals surface area contributed by atoms with Crippen LogP contribution in [0.5, 0.6) is 11.8 Å². The van der Waals surface area contributed by atoms with Gasteiger partial charge in [0.05, 0.1) is 23.2 Å². The number of aromatic nitrogens is 5. The number of methoxy groups -OCH3 is 1. The van der Waals surface area contributed by atoms with E-state index in [4.69, 9.17) is 24.2 Å². The highest BCUT2D eigenvalue weighted by atomic mass is 19.1. The van der Waals surface area contributed by atoms with Gasteiger partial charge in [-0.15, -0.1) is 0 Å². The molecular weight excluding hydrogens is 660 g/mol. The standard InChI is InChI=1S/C37H39F2N7O5/c1-3-22-7-4-8-23-13-26(51-21-49-2)15-27(30(22)23)32-31(39)33-28(17-40-32)34(44-10-6-12-46-25(19-44)14-29(43-46)35(47)48)42-36(41-33)50-20-37-9-5-11-45(37)18-24(38)16-37/h4,7-8,13-15,17,24H,3,5-6,9-12,16,18-21H2,1-2H3,(H,47,48)/t24-,37+/m1/s1. The highest BCUT2D eigenvalue weighted by Gasteiger charge is 2.49. The molecule has 14 heteroatoms. The number of hydrogen-bond acceptors (Lipinski definition) is 10. The summed E-state index contributed by atoms with van der Waals surface area (Å²) in [6.45, 7) is 4.75. The molecular formula is C37H39F2N7O5. The predicted octanol–water partition coefficient (Wildman–Crippen LogP) is 5.79. The van der Waals surface area contributed by atoms with Crippen LogP contribution in [0.4, 0.5) is 14.6 Å². The molecule has 3 aromatic heterocycles. The molecule has 0 aliphatic carbocycles. The smallest absolute Gasteiger partial charge is 0.356 e. The molecule has 1 N–H and O–H groups in total. The highest BCUT2D eigenvalue weighted by Crippen LogP contribution is 2.42. The van der Waals surface area contributed by atoms with Crippen LogP contribution in [0.15, 0.2) is 42.6 Å². The quantitative estimate of drug-likeness (QED) is 0.178. The number of ether oxygens (including phenoxy) is 3. The Morgan fingerprint density at radius 2 is 2.00 bits per heavy atom. The molecule has 0 radical (unpaired) electrons. The number of aryl methyl sites for hydroxylation is 2. The van der Waals surface area contributed by atoms with Gasteiger partial charge in [0.1, 0.15) is 35.6 Å². The van der Waals surface area contributed by atoms with Gasteiger partial charge in [-0.1, -0.05) is 25.1 Å². The third-order valence-corrected chi connectivity index (χ3v) is 10.4. The van der Waals surface area contributed by atoms with Crippen LogP contribution in [-0.2, 0) is 24.2 Å². The van der Waals surface area contributed by atoms with E-state index in [1.165, 1.54) is 7.11 Å². The topological polar surface area (TPSA) is 128 Å². The summed E-state index contributed by atoms with van der Waals surface area (Å²) in [5.41, 5.74) is 1.90. The van der Waals surface area contributed by atoms with E-state index < -0.39 is 23.5 Å². The van der Waals surface area contributed by atoms with Crippen molar-refractivity contribution in [3.05, 3.63) is 65.4 Å². The van der Waals surface area contributed by atoms with Crippen LogP contribution in [-0.4, -0.2) is 92.6 Å². The van der Waals surface area contributed by atoms with E-state index in [2.05, 4.69) is 15.0 Å². The minimum atomic E-state index is -1.11. The molecule has 2 atom stereocenters. The van der Waals surface area contributed by atoms with Crippen LogP contribution in [0.2, 0.25) is 0 Å². The van der Waals surface area contributed by atoms with E-state index in [9.17, 15) is 14.3 Å². The van der Waals surface area contributed by atoms with Crippen LogP contribution < -0.4 is 14.4 Å². The number of pyridine rings is 1.